The number of rotatable bonds is 5. The van der Waals surface area contributed by atoms with Crippen molar-refractivity contribution in [2.75, 3.05) is 19.7 Å². The second kappa shape index (κ2) is 6.51. The molecule has 0 saturated heterocycles. The number of nitrogens with zero attached hydrogens (tertiary/aromatic N) is 1. The summed E-state index contributed by atoms with van der Waals surface area (Å²) in [7, 11) is 0. The maximum Gasteiger partial charge on any atom is 0.416 e. The number of hydrogen-bond acceptors (Lipinski definition) is 2. The Balaban J connectivity index is 3.16. The molecule has 20 heavy (non-hydrogen) atoms. The fourth-order valence-corrected chi connectivity index (χ4v) is 1.59. The summed E-state index contributed by atoms with van der Waals surface area (Å²) >= 11 is 0. The first kappa shape index (κ1) is 16.2. The van der Waals surface area contributed by atoms with Gasteiger partial charge >= 0.3 is 6.18 Å². The van der Waals surface area contributed by atoms with E-state index in [1.807, 2.05) is 0 Å². The minimum atomic E-state index is -4.66. The minimum absolute atomic E-state index is 0.00488. The summed E-state index contributed by atoms with van der Waals surface area (Å²) in [4.78, 5) is 13.0. The smallest absolute Gasteiger partial charge is 0.395 e. The van der Waals surface area contributed by atoms with Gasteiger partial charge in [-0.05, 0) is 18.2 Å². The van der Waals surface area contributed by atoms with Gasteiger partial charge in [0.15, 0.2) is 0 Å². The van der Waals surface area contributed by atoms with E-state index in [1.165, 1.54) is 6.08 Å². The Hall–Kier alpha value is -1.89. The number of amides is 1. The van der Waals surface area contributed by atoms with Crippen LogP contribution in [0.2, 0.25) is 0 Å². The van der Waals surface area contributed by atoms with Crippen molar-refractivity contribution < 1.29 is 27.5 Å². The first-order valence-corrected chi connectivity index (χ1v) is 5.69. The number of carbonyl (C=O) groups excluding carboxylic acids is 1. The van der Waals surface area contributed by atoms with Crippen LogP contribution in [-0.2, 0) is 6.18 Å². The zero-order valence-electron chi connectivity index (χ0n) is 10.5. The molecule has 1 aromatic carbocycles. The lowest BCUT2D eigenvalue weighted by Crippen LogP contribution is -2.34. The van der Waals surface area contributed by atoms with Crippen LogP contribution in [-0.4, -0.2) is 35.6 Å². The Morgan fingerprint density at radius 3 is 2.55 bits per heavy atom. The summed E-state index contributed by atoms with van der Waals surface area (Å²) in [6.07, 6.45) is -3.33. The number of carbonyl (C=O) groups is 1. The molecule has 7 heteroatoms. The Kier molecular flexibility index (Phi) is 5.26. The second-order valence-electron chi connectivity index (χ2n) is 3.96. The van der Waals surface area contributed by atoms with Crippen LogP contribution in [0.25, 0.3) is 0 Å². The van der Waals surface area contributed by atoms with Crippen molar-refractivity contribution in [3.63, 3.8) is 0 Å². The molecule has 0 aliphatic heterocycles. The van der Waals surface area contributed by atoms with Gasteiger partial charge in [0.2, 0.25) is 0 Å². The van der Waals surface area contributed by atoms with Gasteiger partial charge < -0.3 is 10.0 Å². The quantitative estimate of drug-likeness (QED) is 0.669. The van der Waals surface area contributed by atoms with Crippen molar-refractivity contribution in [1.82, 2.24) is 4.90 Å². The highest BCUT2D eigenvalue weighted by atomic mass is 19.4. The highest BCUT2D eigenvalue weighted by Gasteiger charge is 2.32. The molecule has 3 nitrogen and oxygen atoms in total. The van der Waals surface area contributed by atoms with Crippen molar-refractivity contribution in [1.29, 1.82) is 0 Å². The van der Waals surface area contributed by atoms with E-state index < -0.39 is 29.0 Å². The van der Waals surface area contributed by atoms with Crippen molar-refractivity contribution >= 4 is 5.91 Å². The Labute approximate surface area is 113 Å². The van der Waals surface area contributed by atoms with Gasteiger partial charge in [-0.2, -0.15) is 13.2 Å². The molecule has 0 radical (unpaired) electrons. The predicted molar refractivity (Wildman–Crippen MR) is 64.6 cm³/mol. The maximum absolute atomic E-state index is 13.5. The van der Waals surface area contributed by atoms with Gasteiger partial charge in [-0.1, -0.05) is 6.08 Å². The van der Waals surface area contributed by atoms with Crippen LogP contribution >= 0.6 is 0 Å². The van der Waals surface area contributed by atoms with Crippen LogP contribution < -0.4 is 0 Å². The third kappa shape index (κ3) is 3.80. The number of aliphatic hydroxyl groups is 1. The van der Waals surface area contributed by atoms with Crippen molar-refractivity contribution in [2.45, 2.75) is 6.18 Å². The SMILES string of the molecule is C=CCN(CCO)C(=O)c1cc(C(F)(F)F)ccc1F. The summed E-state index contributed by atoms with van der Waals surface area (Å²) < 4.78 is 51.2. The van der Waals surface area contributed by atoms with Gasteiger partial charge in [0, 0.05) is 13.1 Å². The van der Waals surface area contributed by atoms with Gasteiger partial charge in [-0.15, -0.1) is 6.58 Å². The molecule has 0 bridgehead atoms. The molecule has 0 aliphatic carbocycles. The van der Waals surface area contributed by atoms with Crippen LogP contribution in [0.4, 0.5) is 17.6 Å². The van der Waals surface area contributed by atoms with Gasteiger partial charge in [-0.3, -0.25) is 4.79 Å². The molecule has 0 heterocycles. The lowest BCUT2D eigenvalue weighted by atomic mass is 10.1. The average molecular weight is 291 g/mol. The molecule has 1 amide bonds. The van der Waals surface area contributed by atoms with Crippen molar-refractivity contribution in [3.8, 4) is 0 Å². The average Bonchev–Trinajstić information content (AvgIpc) is 2.37. The topological polar surface area (TPSA) is 40.5 Å². The fourth-order valence-electron chi connectivity index (χ4n) is 1.59. The van der Waals surface area contributed by atoms with E-state index in [4.69, 9.17) is 5.11 Å². The molecule has 0 atom stereocenters. The first-order chi connectivity index (χ1) is 9.31. The number of alkyl halides is 3. The molecule has 110 valence electrons. The molecular weight excluding hydrogens is 278 g/mol. The van der Waals surface area contributed by atoms with Crippen molar-refractivity contribution in [2.24, 2.45) is 0 Å². The third-order valence-electron chi connectivity index (χ3n) is 2.53. The van der Waals surface area contributed by atoms with E-state index >= 15 is 0 Å². The molecule has 0 aliphatic rings. The molecule has 1 aromatic rings. The van der Waals surface area contributed by atoms with Crippen LogP contribution in [0.3, 0.4) is 0 Å². The molecule has 1 rings (SSSR count). The van der Waals surface area contributed by atoms with E-state index in [0.29, 0.717) is 18.2 Å². The van der Waals surface area contributed by atoms with Crippen molar-refractivity contribution in [3.05, 3.63) is 47.8 Å². The first-order valence-electron chi connectivity index (χ1n) is 5.69. The highest BCUT2D eigenvalue weighted by Crippen LogP contribution is 2.30. The van der Waals surface area contributed by atoms with Gasteiger partial charge in [0.1, 0.15) is 5.82 Å². The lowest BCUT2D eigenvalue weighted by molar-refractivity contribution is -0.137. The Morgan fingerprint density at radius 1 is 1.40 bits per heavy atom. The minimum Gasteiger partial charge on any atom is -0.395 e. The number of halogens is 4. The van der Waals surface area contributed by atoms with Gasteiger partial charge in [0.25, 0.3) is 5.91 Å². The van der Waals surface area contributed by atoms with Crippen LogP contribution in [0.5, 0.6) is 0 Å². The predicted octanol–water partition coefficient (Wildman–Crippen LogP) is 2.47. The summed E-state index contributed by atoms with van der Waals surface area (Å²) in [6, 6.07) is 1.63. The molecule has 1 N–H and O–H groups in total. The molecular formula is C13H13F4NO2. The number of hydrogen-bond donors (Lipinski definition) is 1. The monoisotopic (exact) mass is 291 g/mol. The Bertz CT molecular complexity index is 500. The van der Waals surface area contributed by atoms with Crippen LogP contribution in [0.1, 0.15) is 15.9 Å². The third-order valence-corrected chi connectivity index (χ3v) is 2.53. The molecule has 0 saturated carbocycles. The van der Waals surface area contributed by atoms with E-state index in [-0.39, 0.29) is 19.7 Å². The summed E-state index contributed by atoms with van der Waals surface area (Å²) in [5, 5.41) is 8.81. The molecule has 0 aromatic heterocycles. The number of aliphatic hydroxyl groups excluding tert-OH is 1. The zero-order valence-corrected chi connectivity index (χ0v) is 10.5. The van der Waals surface area contributed by atoms with E-state index in [0.717, 1.165) is 4.90 Å². The summed E-state index contributed by atoms with van der Waals surface area (Å²) in [5.41, 5.74) is -1.79. The lowest BCUT2D eigenvalue weighted by Gasteiger charge is -2.20. The van der Waals surface area contributed by atoms with E-state index in [9.17, 15) is 22.4 Å². The standard InChI is InChI=1S/C13H13F4NO2/c1-2-5-18(6-7-19)12(20)10-8-9(13(15,16)17)3-4-11(10)14/h2-4,8,19H,1,5-7H2. The summed E-state index contributed by atoms with van der Waals surface area (Å²) in [5.74, 6) is -1.97. The maximum atomic E-state index is 13.5. The highest BCUT2D eigenvalue weighted by molar-refractivity contribution is 5.94. The normalized spacial score (nSPS) is 11.2. The van der Waals surface area contributed by atoms with Gasteiger partial charge in [-0.25, -0.2) is 4.39 Å². The molecule has 0 spiro atoms. The Morgan fingerprint density at radius 2 is 2.05 bits per heavy atom. The zero-order chi connectivity index (χ0) is 15.3. The van der Waals surface area contributed by atoms with E-state index in [2.05, 4.69) is 6.58 Å². The number of benzene rings is 1. The second-order valence-corrected chi connectivity index (χ2v) is 3.96. The fraction of sp³-hybridized carbons (Fsp3) is 0.308. The molecule has 0 fully saturated rings. The van der Waals surface area contributed by atoms with Crippen LogP contribution in [0.15, 0.2) is 30.9 Å². The van der Waals surface area contributed by atoms with E-state index in [1.54, 1.807) is 0 Å². The van der Waals surface area contributed by atoms with Gasteiger partial charge in [0.05, 0.1) is 17.7 Å². The van der Waals surface area contributed by atoms with Crippen LogP contribution in [0, 0.1) is 5.82 Å². The molecule has 0 unspecified atom stereocenters. The largest absolute Gasteiger partial charge is 0.416 e. The summed E-state index contributed by atoms with van der Waals surface area (Å²) in [6.45, 7) is 2.87.